The van der Waals surface area contributed by atoms with Crippen molar-refractivity contribution in [2.75, 3.05) is 13.2 Å². The third kappa shape index (κ3) is 7.10. The van der Waals surface area contributed by atoms with E-state index in [2.05, 4.69) is 88.4 Å². The zero-order valence-electron chi connectivity index (χ0n) is 31.5. The van der Waals surface area contributed by atoms with Crippen LogP contribution in [0.2, 0.25) is 18.1 Å². The van der Waals surface area contributed by atoms with Gasteiger partial charge >= 0.3 is 0 Å². The van der Waals surface area contributed by atoms with Crippen molar-refractivity contribution >= 4 is 8.32 Å². The number of allylic oxidation sites excluding steroid dienone is 1. The Bertz CT molecular complexity index is 1050. The zero-order chi connectivity index (χ0) is 33.2. The molecule has 0 aromatic carbocycles. The second-order valence-corrected chi connectivity index (χ2v) is 24.6. The molecule has 10 atom stereocenters. The molecule has 0 radical (unpaired) electrons. The van der Waals surface area contributed by atoms with Gasteiger partial charge in [-0.3, -0.25) is 0 Å². The molecule has 3 saturated carbocycles. The summed E-state index contributed by atoms with van der Waals surface area (Å²) in [4.78, 5) is 0. The molecule has 0 amide bonds. The van der Waals surface area contributed by atoms with Crippen LogP contribution in [0.5, 0.6) is 0 Å². The Kier molecular flexibility index (Phi) is 10.4. The van der Waals surface area contributed by atoms with Crippen molar-refractivity contribution in [3.05, 3.63) is 11.6 Å². The fourth-order valence-corrected chi connectivity index (χ4v) is 12.2. The van der Waals surface area contributed by atoms with Gasteiger partial charge in [0.2, 0.25) is 0 Å². The lowest BCUT2D eigenvalue weighted by Gasteiger charge is -2.59. The Balaban J connectivity index is 1.23. The van der Waals surface area contributed by atoms with Crippen LogP contribution in [0.4, 0.5) is 0 Å². The minimum absolute atomic E-state index is 0.0942. The van der Waals surface area contributed by atoms with Crippen molar-refractivity contribution in [1.29, 1.82) is 0 Å². The van der Waals surface area contributed by atoms with E-state index in [0.717, 1.165) is 50.2 Å². The van der Waals surface area contributed by atoms with E-state index in [4.69, 9.17) is 13.9 Å². The molecular weight excluding hydrogens is 573 g/mol. The van der Waals surface area contributed by atoms with Crippen molar-refractivity contribution in [1.82, 2.24) is 0 Å². The minimum Gasteiger partial charge on any atom is -0.414 e. The van der Waals surface area contributed by atoms with Gasteiger partial charge in [0.05, 0.1) is 19.3 Å². The van der Waals surface area contributed by atoms with Crippen LogP contribution in [0.25, 0.3) is 0 Å². The normalized spacial score (nSPS) is 39.4. The number of aliphatic hydroxyl groups is 1. The molecule has 4 fully saturated rings. The highest BCUT2D eigenvalue weighted by atomic mass is 28.4. The molecule has 7 unspecified atom stereocenters. The SMILES string of the molecule is CC(C)C(CC1OCC(C)(C)CO1)CC(O)C(C)[C@H]1CCC2C3CC=C4CC(O[Si](C)(C)C(C)(C)C)CC[C@]4(C)C3CC[C@@]21C. The van der Waals surface area contributed by atoms with Crippen LogP contribution >= 0.6 is 0 Å². The maximum atomic E-state index is 11.8. The van der Waals surface area contributed by atoms with Gasteiger partial charge in [-0.1, -0.05) is 80.9 Å². The first-order chi connectivity index (χ1) is 20.8. The molecule has 0 spiro atoms. The Hall–Kier alpha value is -0.203. The van der Waals surface area contributed by atoms with E-state index < -0.39 is 8.32 Å². The summed E-state index contributed by atoms with van der Waals surface area (Å²) in [6, 6.07) is 0. The van der Waals surface area contributed by atoms with E-state index in [0.29, 0.717) is 40.6 Å². The van der Waals surface area contributed by atoms with Crippen molar-refractivity contribution in [3.8, 4) is 0 Å². The molecule has 1 heterocycles. The second-order valence-electron chi connectivity index (χ2n) is 19.8. The third-order valence-electron chi connectivity index (χ3n) is 14.9. The summed E-state index contributed by atoms with van der Waals surface area (Å²) < 4.78 is 19.2. The first-order valence-electron chi connectivity index (χ1n) is 19.1. The predicted octanol–water partition coefficient (Wildman–Crippen LogP) is 10.4. The average Bonchev–Trinajstić information content (AvgIpc) is 3.29. The molecule has 260 valence electrons. The Morgan fingerprint density at radius 3 is 2.24 bits per heavy atom. The predicted molar refractivity (Wildman–Crippen MR) is 189 cm³/mol. The van der Waals surface area contributed by atoms with Crippen LogP contribution in [0.3, 0.4) is 0 Å². The maximum Gasteiger partial charge on any atom is 0.192 e. The molecule has 5 aliphatic rings. The summed E-state index contributed by atoms with van der Waals surface area (Å²) in [5.41, 5.74) is 2.52. The topological polar surface area (TPSA) is 47.9 Å². The first kappa shape index (κ1) is 36.1. The minimum atomic E-state index is -1.76. The second kappa shape index (κ2) is 12.9. The van der Waals surface area contributed by atoms with Crippen LogP contribution < -0.4 is 0 Å². The van der Waals surface area contributed by atoms with Crippen LogP contribution in [-0.4, -0.2) is 45.1 Å². The largest absolute Gasteiger partial charge is 0.414 e. The lowest BCUT2D eigenvalue weighted by molar-refractivity contribution is -0.230. The molecule has 1 saturated heterocycles. The lowest BCUT2D eigenvalue weighted by Crippen LogP contribution is -2.52. The van der Waals surface area contributed by atoms with Crippen molar-refractivity contribution < 1.29 is 19.0 Å². The fourth-order valence-electron chi connectivity index (χ4n) is 10.8. The van der Waals surface area contributed by atoms with Crippen molar-refractivity contribution in [2.24, 2.45) is 57.7 Å². The Morgan fingerprint density at radius 2 is 1.62 bits per heavy atom. The molecule has 5 heteroatoms. The maximum absolute atomic E-state index is 11.8. The molecule has 1 aliphatic heterocycles. The molecular formula is C40H72O4Si. The van der Waals surface area contributed by atoms with Crippen LogP contribution in [0.1, 0.15) is 133 Å². The standard InChI is InChI=1S/C40H72O4Si/c1-26(2)28(22-36-42-24-38(7,8)25-43-36)21-35(41)27(3)32-15-16-33-31-14-13-29-23-30(44-45(11,12)37(4,5)6)17-19-39(29,9)34(31)18-20-40(32,33)10/h13,26-28,30-36,41H,14-25H2,1-12H3/t27?,28?,30?,31?,32-,33?,34?,35?,39+,40-/m1/s1. The van der Waals surface area contributed by atoms with Crippen molar-refractivity contribution in [2.45, 2.75) is 170 Å². The zero-order valence-corrected chi connectivity index (χ0v) is 32.5. The highest BCUT2D eigenvalue weighted by Crippen LogP contribution is 2.67. The number of hydrogen-bond donors (Lipinski definition) is 1. The summed E-state index contributed by atoms with van der Waals surface area (Å²) in [7, 11) is -1.76. The molecule has 0 bridgehead atoms. The van der Waals surface area contributed by atoms with Gasteiger partial charge in [-0.2, -0.15) is 0 Å². The number of hydrogen-bond acceptors (Lipinski definition) is 4. The van der Waals surface area contributed by atoms with Gasteiger partial charge in [0.15, 0.2) is 14.6 Å². The summed E-state index contributed by atoms with van der Waals surface area (Å²) in [6.07, 6.45) is 14.7. The van der Waals surface area contributed by atoms with E-state index in [-0.39, 0.29) is 22.8 Å². The van der Waals surface area contributed by atoms with E-state index in [1.54, 1.807) is 5.57 Å². The van der Waals surface area contributed by atoms with Crippen LogP contribution in [0, 0.1) is 57.7 Å². The van der Waals surface area contributed by atoms with Crippen LogP contribution in [-0.2, 0) is 13.9 Å². The van der Waals surface area contributed by atoms with Gasteiger partial charge in [0.25, 0.3) is 0 Å². The molecule has 5 rings (SSSR count). The van der Waals surface area contributed by atoms with Gasteiger partial charge in [-0.25, -0.2) is 0 Å². The highest BCUT2D eigenvalue weighted by Gasteiger charge is 2.60. The number of rotatable bonds is 9. The third-order valence-corrected chi connectivity index (χ3v) is 19.5. The molecule has 4 aliphatic carbocycles. The van der Waals surface area contributed by atoms with Gasteiger partial charge < -0.3 is 19.0 Å². The lowest BCUT2D eigenvalue weighted by atomic mass is 9.47. The molecule has 1 N–H and O–H groups in total. The summed E-state index contributed by atoms with van der Waals surface area (Å²) >= 11 is 0. The monoisotopic (exact) mass is 645 g/mol. The molecule has 45 heavy (non-hydrogen) atoms. The van der Waals surface area contributed by atoms with E-state index in [1.807, 2.05) is 0 Å². The molecule has 0 aromatic rings. The van der Waals surface area contributed by atoms with Gasteiger partial charge in [-0.05, 0) is 128 Å². The van der Waals surface area contributed by atoms with Gasteiger partial charge in [0, 0.05) is 17.9 Å². The summed E-state index contributed by atoms with van der Waals surface area (Å²) in [5, 5.41) is 12.1. The van der Waals surface area contributed by atoms with Crippen LogP contribution in [0.15, 0.2) is 11.6 Å². The number of ether oxygens (including phenoxy) is 2. The first-order valence-corrected chi connectivity index (χ1v) is 22.0. The average molecular weight is 645 g/mol. The highest BCUT2D eigenvalue weighted by molar-refractivity contribution is 6.74. The number of aliphatic hydroxyl groups excluding tert-OH is 1. The van der Waals surface area contributed by atoms with E-state index in [1.165, 1.54) is 44.9 Å². The smallest absolute Gasteiger partial charge is 0.192 e. The number of fused-ring (bicyclic) bond motifs is 5. The van der Waals surface area contributed by atoms with Gasteiger partial charge in [-0.15, -0.1) is 0 Å². The summed E-state index contributed by atoms with van der Waals surface area (Å²) in [6.45, 7) is 30.1. The Morgan fingerprint density at radius 1 is 0.956 bits per heavy atom. The molecule has 4 nitrogen and oxygen atoms in total. The van der Waals surface area contributed by atoms with Crippen molar-refractivity contribution in [3.63, 3.8) is 0 Å². The van der Waals surface area contributed by atoms with Gasteiger partial charge in [0.1, 0.15) is 0 Å². The Labute approximate surface area is 279 Å². The van der Waals surface area contributed by atoms with E-state index >= 15 is 0 Å². The molecule has 0 aromatic heterocycles. The fraction of sp³-hybridized carbons (Fsp3) is 0.950. The quantitative estimate of drug-likeness (QED) is 0.200. The van der Waals surface area contributed by atoms with E-state index in [9.17, 15) is 5.11 Å². The summed E-state index contributed by atoms with van der Waals surface area (Å²) in [5.74, 6) is 4.26.